The summed E-state index contributed by atoms with van der Waals surface area (Å²) in [6, 6.07) is 3.95. The van der Waals surface area contributed by atoms with Crippen LogP contribution in [-0.2, 0) is 4.74 Å². The Morgan fingerprint density at radius 2 is 2.17 bits per heavy atom. The van der Waals surface area contributed by atoms with Crippen LogP contribution in [0.4, 0.5) is 13.6 Å². The van der Waals surface area contributed by atoms with E-state index in [1.54, 1.807) is 0 Å². The summed E-state index contributed by atoms with van der Waals surface area (Å²) in [5.41, 5.74) is -0.158. The summed E-state index contributed by atoms with van der Waals surface area (Å²) in [5, 5.41) is 2.23. The van der Waals surface area contributed by atoms with E-state index >= 15 is 0 Å². The van der Waals surface area contributed by atoms with E-state index in [2.05, 4.69) is 5.16 Å². The maximum absolute atomic E-state index is 14.2. The Morgan fingerprint density at radius 3 is 2.79 bits per heavy atom. The number of hydrogen-bond acceptors (Lipinski definition) is 4. The quantitative estimate of drug-likeness (QED) is 0.913. The van der Waals surface area contributed by atoms with Crippen LogP contribution < -0.4 is 5.56 Å². The number of likely N-dealkylation sites (tertiary alicyclic amines) is 1. The third-order valence-electron chi connectivity index (χ3n) is 4.28. The van der Waals surface area contributed by atoms with Gasteiger partial charge in [0.2, 0.25) is 0 Å². The first-order chi connectivity index (χ1) is 11.5. The van der Waals surface area contributed by atoms with Crippen molar-refractivity contribution < 1.29 is 22.8 Å². The molecule has 1 aliphatic heterocycles. The number of nitrogens with one attached hydrogen (secondary N) is 1. The summed E-state index contributed by atoms with van der Waals surface area (Å²) < 4.78 is 37.3. The molecule has 2 aromatic rings. The van der Waals surface area contributed by atoms with Crippen molar-refractivity contribution in [1.82, 2.24) is 10.1 Å². The molecule has 1 aromatic heterocycles. The van der Waals surface area contributed by atoms with E-state index in [4.69, 9.17) is 9.26 Å². The van der Waals surface area contributed by atoms with E-state index in [-0.39, 0.29) is 17.0 Å². The van der Waals surface area contributed by atoms with Crippen molar-refractivity contribution in [3.05, 3.63) is 57.6 Å². The van der Waals surface area contributed by atoms with E-state index < -0.39 is 23.8 Å². The standard InChI is InChI=1S/C16H16F2N2O4/c1-23-16(22)20-5-4-9(14-8-15(21)19-24-14)6-13(20)11-3-2-10(17)7-12(11)18/h2-3,7-9,13H,4-6H2,1H3,(H,19,21)/t9-,13+/m0/s1. The molecule has 0 spiro atoms. The summed E-state index contributed by atoms with van der Waals surface area (Å²) in [4.78, 5) is 24.7. The third kappa shape index (κ3) is 3.04. The van der Waals surface area contributed by atoms with Crippen molar-refractivity contribution in [1.29, 1.82) is 0 Å². The Bertz CT molecular complexity index is 801. The molecule has 1 amide bonds. The van der Waals surface area contributed by atoms with Crippen molar-refractivity contribution >= 4 is 6.09 Å². The number of benzene rings is 1. The molecule has 24 heavy (non-hydrogen) atoms. The Kier molecular flexibility index (Phi) is 4.37. The van der Waals surface area contributed by atoms with Gasteiger partial charge in [0.05, 0.1) is 13.2 Å². The van der Waals surface area contributed by atoms with E-state index in [1.165, 1.54) is 24.1 Å². The summed E-state index contributed by atoms with van der Waals surface area (Å²) in [6.45, 7) is 0.299. The maximum atomic E-state index is 14.2. The van der Waals surface area contributed by atoms with Gasteiger partial charge in [-0.05, 0) is 18.9 Å². The molecule has 128 valence electrons. The highest BCUT2D eigenvalue weighted by molar-refractivity contribution is 5.68. The molecular formula is C16H16F2N2O4. The van der Waals surface area contributed by atoms with Gasteiger partial charge in [0.15, 0.2) is 0 Å². The lowest BCUT2D eigenvalue weighted by Gasteiger charge is -2.38. The number of halogens is 2. The predicted octanol–water partition coefficient (Wildman–Crippen LogP) is 2.93. The van der Waals surface area contributed by atoms with Crippen molar-refractivity contribution in [2.24, 2.45) is 0 Å². The normalized spacial score (nSPS) is 20.9. The average molecular weight is 338 g/mol. The number of carbonyl (C=O) groups is 1. The second-order valence-electron chi connectivity index (χ2n) is 5.68. The van der Waals surface area contributed by atoms with Gasteiger partial charge in [0.1, 0.15) is 17.4 Å². The highest BCUT2D eigenvalue weighted by atomic mass is 19.1. The van der Waals surface area contributed by atoms with Crippen LogP contribution in [0.25, 0.3) is 0 Å². The zero-order valence-corrected chi connectivity index (χ0v) is 12.9. The number of aromatic amines is 1. The number of H-pyrrole nitrogens is 1. The second kappa shape index (κ2) is 6.46. The summed E-state index contributed by atoms with van der Waals surface area (Å²) in [7, 11) is 1.25. The second-order valence-corrected chi connectivity index (χ2v) is 5.68. The largest absolute Gasteiger partial charge is 0.453 e. The maximum Gasteiger partial charge on any atom is 0.409 e. The molecule has 3 rings (SSSR count). The monoisotopic (exact) mass is 338 g/mol. The molecule has 0 bridgehead atoms. The first kappa shape index (κ1) is 16.2. The number of carbonyl (C=O) groups excluding carboxylic acids is 1. The Morgan fingerprint density at radius 1 is 1.38 bits per heavy atom. The molecule has 0 saturated carbocycles. The summed E-state index contributed by atoms with van der Waals surface area (Å²) in [6.07, 6.45) is 0.283. The van der Waals surface area contributed by atoms with Crippen molar-refractivity contribution in [2.75, 3.05) is 13.7 Å². The molecule has 1 aliphatic rings. The molecule has 0 radical (unpaired) electrons. The van der Waals surface area contributed by atoms with Gasteiger partial charge in [-0.3, -0.25) is 4.79 Å². The van der Waals surface area contributed by atoms with Crippen LogP contribution in [0.15, 0.2) is 33.6 Å². The van der Waals surface area contributed by atoms with Crippen LogP contribution in [0, 0.1) is 11.6 Å². The van der Waals surface area contributed by atoms with Gasteiger partial charge in [-0.15, -0.1) is 0 Å². The molecule has 1 fully saturated rings. The van der Waals surface area contributed by atoms with Crippen LogP contribution >= 0.6 is 0 Å². The SMILES string of the molecule is COC(=O)N1CC[C@H](c2cc(=O)[nH]o2)C[C@@H]1c1ccc(F)cc1F. The Hall–Kier alpha value is -2.64. The van der Waals surface area contributed by atoms with Gasteiger partial charge in [-0.2, -0.15) is 5.16 Å². The number of aromatic nitrogens is 1. The number of rotatable bonds is 2. The fourth-order valence-electron chi connectivity index (χ4n) is 3.12. The lowest BCUT2D eigenvalue weighted by molar-refractivity contribution is 0.0804. The van der Waals surface area contributed by atoms with Crippen LogP contribution in [0.2, 0.25) is 0 Å². The summed E-state index contributed by atoms with van der Waals surface area (Å²) in [5.74, 6) is -1.13. The van der Waals surface area contributed by atoms with Gasteiger partial charge in [-0.1, -0.05) is 6.07 Å². The number of methoxy groups -OCH3 is 1. The van der Waals surface area contributed by atoms with E-state index in [0.29, 0.717) is 25.1 Å². The molecule has 1 saturated heterocycles. The fraction of sp³-hybridized carbons (Fsp3) is 0.375. The first-order valence-corrected chi connectivity index (χ1v) is 7.47. The van der Waals surface area contributed by atoms with Gasteiger partial charge in [0, 0.05) is 30.2 Å². The molecule has 2 atom stereocenters. The van der Waals surface area contributed by atoms with Crippen LogP contribution in [-0.4, -0.2) is 29.8 Å². The van der Waals surface area contributed by atoms with Gasteiger partial charge in [-0.25, -0.2) is 13.6 Å². The zero-order chi connectivity index (χ0) is 17.3. The minimum Gasteiger partial charge on any atom is -0.453 e. The smallest absolute Gasteiger partial charge is 0.409 e. The first-order valence-electron chi connectivity index (χ1n) is 7.47. The molecule has 0 aliphatic carbocycles. The number of ether oxygens (including phenoxy) is 1. The molecule has 8 heteroatoms. The van der Waals surface area contributed by atoms with Crippen molar-refractivity contribution in [3.8, 4) is 0 Å². The molecule has 0 unspecified atom stereocenters. The zero-order valence-electron chi connectivity index (χ0n) is 12.9. The molecule has 1 N–H and O–H groups in total. The summed E-state index contributed by atoms with van der Waals surface area (Å²) >= 11 is 0. The van der Waals surface area contributed by atoms with Crippen molar-refractivity contribution in [3.63, 3.8) is 0 Å². The third-order valence-corrected chi connectivity index (χ3v) is 4.28. The van der Waals surface area contributed by atoms with Crippen LogP contribution in [0.3, 0.4) is 0 Å². The van der Waals surface area contributed by atoms with Crippen LogP contribution in [0.5, 0.6) is 0 Å². The Balaban J connectivity index is 1.95. The van der Waals surface area contributed by atoms with Gasteiger partial charge in [0.25, 0.3) is 5.56 Å². The number of amides is 1. The van der Waals surface area contributed by atoms with Crippen molar-refractivity contribution in [2.45, 2.75) is 24.8 Å². The number of hydrogen-bond donors (Lipinski definition) is 1. The number of nitrogens with zero attached hydrogens (tertiary/aromatic N) is 1. The minimum atomic E-state index is -0.731. The lowest BCUT2D eigenvalue weighted by atomic mass is 9.85. The Labute approximate surface area is 136 Å². The molecular weight excluding hydrogens is 322 g/mol. The fourth-order valence-corrected chi connectivity index (χ4v) is 3.12. The highest BCUT2D eigenvalue weighted by Gasteiger charge is 2.36. The predicted molar refractivity (Wildman–Crippen MR) is 79.5 cm³/mol. The van der Waals surface area contributed by atoms with Gasteiger partial charge >= 0.3 is 6.09 Å². The van der Waals surface area contributed by atoms with E-state index in [1.807, 2.05) is 0 Å². The molecule has 2 heterocycles. The lowest BCUT2D eigenvalue weighted by Crippen LogP contribution is -2.40. The average Bonchev–Trinajstić information content (AvgIpc) is 3.00. The molecule has 1 aromatic carbocycles. The topological polar surface area (TPSA) is 75.5 Å². The van der Waals surface area contributed by atoms with E-state index in [9.17, 15) is 18.4 Å². The minimum absolute atomic E-state index is 0.167. The number of piperidine rings is 1. The highest BCUT2D eigenvalue weighted by Crippen LogP contribution is 2.40. The molecule has 6 nitrogen and oxygen atoms in total. The van der Waals surface area contributed by atoms with Gasteiger partial charge < -0.3 is 14.2 Å². The van der Waals surface area contributed by atoms with E-state index in [0.717, 1.165) is 12.1 Å². The van der Waals surface area contributed by atoms with Crippen LogP contribution in [0.1, 0.15) is 36.1 Å².